The number of carbonyl (C=O) groups excluding carboxylic acids is 1. The summed E-state index contributed by atoms with van der Waals surface area (Å²) in [5.74, 6) is 0.741. The molecule has 1 aromatic rings. The summed E-state index contributed by atoms with van der Waals surface area (Å²) in [5.41, 5.74) is 0.943. The van der Waals surface area contributed by atoms with Crippen LogP contribution in [0.4, 0.5) is 0 Å². The second kappa shape index (κ2) is 7.96. The third-order valence-electron chi connectivity index (χ3n) is 3.83. The molecule has 1 atom stereocenters. The fraction of sp³-hybridized carbons (Fsp3) is 0.333. The Bertz CT molecular complexity index is 663. The molecular weight excluding hydrogens is 342 g/mol. The van der Waals surface area contributed by atoms with Gasteiger partial charge in [-0.3, -0.25) is 9.69 Å². The van der Waals surface area contributed by atoms with Gasteiger partial charge in [0.25, 0.3) is 5.91 Å². The molecule has 1 unspecified atom stereocenters. The van der Waals surface area contributed by atoms with E-state index < -0.39 is 0 Å². The number of ether oxygens (including phenoxy) is 2. The molecule has 1 amide bonds. The van der Waals surface area contributed by atoms with E-state index >= 15 is 0 Å². The van der Waals surface area contributed by atoms with Crippen LogP contribution in [0, 0.1) is 0 Å². The van der Waals surface area contributed by atoms with Crippen LogP contribution in [0.15, 0.2) is 41.8 Å². The first-order valence-corrected chi connectivity index (χ1v) is 9.10. The van der Waals surface area contributed by atoms with Crippen molar-refractivity contribution in [3.63, 3.8) is 0 Å². The van der Waals surface area contributed by atoms with E-state index in [1.807, 2.05) is 30.3 Å². The van der Waals surface area contributed by atoms with Gasteiger partial charge in [0.1, 0.15) is 16.7 Å². The molecule has 1 aromatic carbocycles. The summed E-state index contributed by atoms with van der Waals surface area (Å²) in [4.78, 5) is 14.9. The molecule has 6 heteroatoms. The maximum atomic E-state index is 12.6. The third-order valence-corrected chi connectivity index (χ3v) is 5.21. The highest BCUT2D eigenvalue weighted by Gasteiger charge is 2.34. The molecule has 2 saturated heterocycles. The molecule has 0 spiro atoms. The number of hydrogen-bond acceptors (Lipinski definition) is 5. The van der Waals surface area contributed by atoms with Crippen molar-refractivity contribution in [3.8, 4) is 5.75 Å². The molecule has 0 N–H and O–H groups in total. The molecule has 4 nitrogen and oxygen atoms in total. The number of carbonyl (C=O) groups is 1. The number of thioether (sulfide) groups is 1. The van der Waals surface area contributed by atoms with Gasteiger partial charge in [-0.1, -0.05) is 48.8 Å². The molecule has 126 valence electrons. The fourth-order valence-electron chi connectivity index (χ4n) is 2.62. The third kappa shape index (κ3) is 4.06. The van der Waals surface area contributed by atoms with Crippen molar-refractivity contribution in [1.82, 2.24) is 4.90 Å². The number of thiocarbonyl (C=S) groups is 1. The second-order valence-corrected chi connectivity index (χ2v) is 7.27. The van der Waals surface area contributed by atoms with Crippen molar-refractivity contribution in [3.05, 3.63) is 47.4 Å². The van der Waals surface area contributed by atoms with Crippen molar-refractivity contribution in [2.75, 3.05) is 19.8 Å². The van der Waals surface area contributed by atoms with Gasteiger partial charge < -0.3 is 9.47 Å². The van der Waals surface area contributed by atoms with Crippen LogP contribution in [-0.2, 0) is 9.53 Å². The predicted octanol–water partition coefficient (Wildman–Crippen LogP) is 3.63. The Hall–Kier alpha value is -1.63. The van der Waals surface area contributed by atoms with Crippen LogP contribution in [0.3, 0.4) is 0 Å². The SMILES string of the molecule is C=CCOc1ccc(/C=C2\SC(=S)N(CC3CCCO3)C2=O)cc1. The van der Waals surface area contributed by atoms with Gasteiger partial charge in [0, 0.05) is 6.61 Å². The molecule has 0 aliphatic carbocycles. The minimum atomic E-state index is -0.0347. The molecule has 24 heavy (non-hydrogen) atoms. The van der Waals surface area contributed by atoms with Gasteiger partial charge in [-0.2, -0.15) is 0 Å². The summed E-state index contributed by atoms with van der Waals surface area (Å²) in [7, 11) is 0. The van der Waals surface area contributed by atoms with Gasteiger partial charge >= 0.3 is 0 Å². The minimum absolute atomic E-state index is 0.0347. The molecule has 2 fully saturated rings. The lowest BCUT2D eigenvalue weighted by Crippen LogP contribution is -2.35. The highest BCUT2D eigenvalue weighted by atomic mass is 32.2. The van der Waals surface area contributed by atoms with Gasteiger partial charge in [0.05, 0.1) is 17.6 Å². The molecule has 0 saturated carbocycles. The summed E-state index contributed by atoms with van der Waals surface area (Å²) in [6.07, 6.45) is 5.71. The van der Waals surface area contributed by atoms with Gasteiger partial charge in [-0.15, -0.1) is 0 Å². The molecule has 0 bridgehead atoms. The zero-order valence-corrected chi connectivity index (χ0v) is 14.9. The number of hydrogen-bond donors (Lipinski definition) is 0. The Morgan fingerprint density at radius 3 is 2.88 bits per heavy atom. The summed E-state index contributed by atoms with van der Waals surface area (Å²) in [6, 6.07) is 7.60. The lowest BCUT2D eigenvalue weighted by molar-refractivity contribution is -0.123. The summed E-state index contributed by atoms with van der Waals surface area (Å²) in [5, 5.41) is 0. The largest absolute Gasteiger partial charge is 0.490 e. The Morgan fingerprint density at radius 2 is 2.21 bits per heavy atom. The van der Waals surface area contributed by atoms with Crippen LogP contribution in [-0.4, -0.2) is 41.0 Å². The zero-order chi connectivity index (χ0) is 16.9. The van der Waals surface area contributed by atoms with Crippen LogP contribution in [0.5, 0.6) is 5.75 Å². The van der Waals surface area contributed by atoms with Crippen molar-refractivity contribution < 1.29 is 14.3 Å². The Balaban J connectivity index is 1.67. The lowest BCUT2D eigenvalue weighted by Gasteiger charge is -2.18. The second-order valence-electron chi connectivity index (χ2n) is 5.60. The van der Waals surface area contributed by atoms with E-state index in [1.165, 1.54) is 11.8 Å². The monoisotopic (exact) mass is 361 g/mol. The van der Waals surface area contributed by atoms with Crippen molar-refractivity contribution in [2.45, 2.75) is 18.9 Å². The molecule has 2 aliphatic heterocycles. The first-order chi connectivity index (χ1) is 11.7. The van der Waals surface area contributed by atoms with Crippen LogP contribution < -0.4 is 4.74 Å². The summed E-state index contributed by atoms with van der Waals surface area (Å²) < 4.78 is 11.7. The number of amides is 1. The first kappa shape index (κ1) is 17.2. The first-order valence-electron chi connectivity index (χ1n) is 7.88. The smallest absolute Gasteiger partial charge is 0.266 e. The van der Waals surface area contributed by atoms with Crippen LogP contribution >= 0.6 is 24.0 Å². The molecule has 0 aromatic heterocycles. The van der Waals surface area contributed by atoms with E-state index in [0.29, 0.717) is 22.4 Å². The lowest BCUT2D eigenvalue weighted by atomic mass is 10.2. The maximum Gasteiger partial charge on any atom is 0.266 e. The molecule has 3 rings (SSSR count). The molecule has 2 heterocycles. The topological polar surface area (TPSA) is 38.8 Å². The van der Waals surface area contributed by atoms with E-state index in [0.717, 1.165) is 30.8 Å². The highest BCUT2D eigenvalue weighted by molar-refractivity contribution is 8.26. The van der Waals surface area contributed by atoms with Crippen LogP contribution in [0.25, 0.3) is 6.08 Å². The summed E-state index contributed by atoms with van der Waals surface area (Å²) >= 11 is 6.70. The van der Waals surface area contributed by atoms with E-state index in [9.17, 15) is 4.79 Å². The fourth-order valence-corrected chi connectivity index (χ4v) is 3.89. The van der Waals surface area contributed by atoms with E-state index in [4.69, 9.17) is 21.7 Å². The Labute approximate surface area is 151 Å². The quantitative estimate of drug-likeness (QED) is 0.439. The van der Waals surface area contributed by atoms with Gasteiger partial charge in [0.2, 0.25) is 0 Å². The van der Waals surface area contributed by atoms with Crippen molar-refractivity contribution in [2.24, 2.45) is 0 Å². The average Bonchev–Trinajstić information content (AvgIpc) is 3.19. The van der Waals surface area contributed by atoms with Gasteiger partial charge in [-0.25, -0.2) is 0 Å². The van der Waals surface area contributed by atoms with Crippen molar-refractivity contribution in [1.29, 1.82) is 0 Å². The standard InChI is InChI=1S/C18H19NO3S2/c1-2-9-21-14-7-5-13(6-8-14)11-16-17(20)19(18(23)24-16)12-15-4-3-10-22-15/h2,5-8,11,15H,1,3-4,9-10,12H2/b16-11-. The number of benzene rings is 1. The molecule has 0 radical (unpaired) electrons. The van der Waals surface area contributed by atoms with E-state index in [2.05, 4.69) is 6.58 Å². The minimum Gasteiger partial charge on any atom is -0.490 e. The van der Waals surface area contributed by atoms with E-state index in [-0.39, 0.29) is 12.0 Å². The Morgan fingerprint density at radius 1 is 1.42 bits per heavy atom. The van der Waals surface area contributed by atoms with Crippen LogP contribution in [0.2, 0.25) is 0 Å². The molecule has 2 aliphatic rings. The number of rotatable bonds is 6. The summed E-state index contributed by atoms with van der Waals surface area (Å²) in [6.45, 7) is 5.42. The van der Waals surface area contributed by atoms with E-state index in [1.54, 1.807) is 11.0 Å². The molecular formula is C18H19NO3S2. The maximum absolute atomic E-state index is 12.6. The zero-order valence-electron chi connectivity index (χ0n) is 13.3. The van der Waals surface area contributed by atoms with Crippen LogP contribution in [0.1, 0.15) is 18.4 Å². The highest BCUT2D eigenvalue weighted by Crippen LogP contribution is 2.33. The van der Waals surface area contributed by atoms with Gasteiger partial charge in [0.15, 0.2) is 0 Å². The van der Waals surface area contributed by atoms with Crippen molar-refractivity contribution >= 4 is 40.3 Å². The normalized spacial score (nSPS) is 22.4. The Kier molecular flexibility index (Phi) is 5.71. The average molecular weight is 361 g/mol. The van der Waals surface area contributed by atoms with Gasteiger partial charge in [-0.05, 0) is 36.6 Å². The predicted molar refractivity (Wildman–Crippen MR) is 101 cm³/mol. The number of nitrogens with zero attached hydrogens (tertiary/aromatic N) is 1.